The number of carbonyl (C=O) groups is 1. The van der Waals surface area contributed by atoms with Crippen LogP contribution in [0.4, 0.5) is 0 Å². The van der Waals surface area contributed by atoms with Crippen LogP contribution in [0.3, 0.4) is 0 Å². The summed E-state index contributed by atoms with van der Waals surface area (Å²) in [5.41, 5.74) is 0.393. The molecule has 4 atom stereocenters. The molecule has 1 amide bonds. The molecule has 1 aromatic heterocycles. The summed E-state index contributed by atoms with van der Waals surface area (Å²) in [7, 11) is 0. The predicted molar refractivity (Wildman–Crippen MR) is 87.5 cm³/mol. The molecule has 3 rings (SSSR count). The SMILES string of the molecule is CC(C)Cc1cc(C(=O)N2C[C@H]3C[C@H](O)[C@H](O)C[C@H]3C2)nc(=O)[nH]1. The molecule has 1 aliphatic heterocycles. The van der Waals surface area contributed by atoms with Gasteiger partial charge in [0.05, 0.1) is 12.2 Å². The van der Waals surface area contributed by atoms with Crippen LogP contribution in [0.25, 0.3) is 0 Å². The molecule has 1 aliphatic carbocycles. The van der Waals surface area contributed by atoms with Crippen LogP contribution in [0.5, 0.6) is 0 Å². The average Bonchev–Trinajstić information content (AvgIpc) is 2.88. The van der Waals surface area contributed by atoms with Crippen molar-refractivity contribution in [2.45, 2.75) is 45.3 Å². The van der Waals surface area contributed by atoms with Crippen molar-refractivity contribution in [3.8, 4) is 0 Å². The highest BCUT2D eigenvalue weighted by Gasteiger charge is 2.42. The van der Waals surface area contributed by atoms with Gasteiger partial charge in [-0.3, -0.25) is 4.79 Å². The largest absolute Gasteiger partial charge is 0.390 e. The van der Waals surface area contributed by atoms with Crippen LogP contribution in [-0.4, -0.2) is 56.3 Å². The van der Waals surface area contributed by atoms with Crippen LogP contribution in [0.15, 0.2) is 10.9 Å². The molecule has 0 spiro atoms. The Morgan fingerprint density at radius 2 is 1.88 bits per heavy atom. The minimum atomic E-state index is -0.711. The molecule has 0 unspecified atom stereocenters. The van der Waals surface area contributed by atoms with Gasteiger partial charge in [-0.25, -0.2) is 4.79 Å². The maximum Gasteiger partial charge on any atom is 0.345 e. The van der Waals surface area contributed by atoms with Crippen LogP contribution < -0.4 is 5.69 Å². The summed E-state index contributed by atoms with van der Waals surface area (Å²) in [6.07, 6.45) is 0.281. The molecule has 2 heterocycles. The summed E-state index contributed by atoms with van der Waals surface area (Å²) in [6, 6.07) is 1.66. The molecule has 1 saturated carbocycles. The summed E-state index contributed by atoms with van der Waals surface area (Å²) in [5.74, 6) is 0.516. The fraction of sp³-hybridized carbons (Fsp3) is 0.706. The zero-order valence-electron chi connectivity index (χ0n) is 14.1. The van der Waals surface area contributed by atoms with Crippen molar-refractivity contribution < 1.29 is 15.0 Å². The number of carbonyl (C=O) groups excluding carboxylic acids is 1. The Labute approximate surface area is 140 Å². The maximum absolute atomic E-state index is 12.7. The van der Waals surface area contributed by atoms with Crippen molar-refractivity contribution in [1.82, 2.24) is 14.9 Å². The molecular formula is C17H25N3O4. The Balaban J connectivity index is 1.76. The molecule has 7 heteroatoms. The van der Waals surface area contributed by atoms with Gasteiger partial charge in [-0.15, -0.1) is 0 Å². The van der Waals surface area contributed by atoms with E-state index in [2.05, 4.69) is 9.97 Å². The molecule has 1 saturated heterocycles. The smallest absolute Gasteiger partial charge is 0.345 e. The average molecular weight is 335 g/mol. The van der Waals surface area contributed by atoms with E-state index in [9.17, 15) is 19.8 Å². The Kier molecular flexibility index (Phi) is 4.73. The number of nitrogens with zero attached hydrogens (tertiary/aromatic N) is 2. The highest BCUT2D eigenvalue weighted by atomic mass is 16.3. The van der Waals surface area contributed by atoms with Crippen molar-refractivity contribution in [2.24, 2.45) is 17.8 Å². The van der Waals surface area contributed by atoms with Gasteiger partial charge in [-0.1, -0.05) is 13.8 Å². The standard InChI is InChI=1S/C17H25N3O4/c1-9(2)3-12-6-13(19-17(24)18-12)16(23)20-7-10-4-14(21)15(22)5-11(10)8-20/h6,9-11,14-15,21-22H,3-5,7-8H2,1-2H3,(H,18,19,24)/t10-,11+,14+,15-. The first-order valence-corrected chi connectivity index (χ1v) is 8.59. The number of hydrogen-bond donors (Lipinski definition) is 3. The van der Waals surface area contributed by atoms with E-state index in [0.717, 1.165) is 5.69 Å². The molecule has 2 aliphatic rings. The molecule has 0 radical (unpaired) electrons. The highest BCUT2D eigenvalue weighted by Crippen LogP contribution is 2.36. The molecular weight excluding hydrogens is 310 g/mol. The summed E-state index contributed by atoms with van der Waals surface area (Å²) >= 11 is 0. The number of fused-ring (bicyclic) bond motifs is 1. The second-order valence-electron chi connectivity index (χ2n) is 7.53. The van der Waals surface area contributed by atoms with E-state index in [4.69, 9.17) is 0 Å². The van der Waals surface area contributed by atoms with Gasteiger partial charge in [0.25, 0.3) is 5.91 Å². The predicted octanol–water partition coefficient (Wildman–Crippen LogP) is 0.172. The topological polar surface area (TPSA) is 107 Å². The highest BCUT2D eigenvalue weighted by molar-refractivity contribution is 5.92. The van der Waals surface area contributed by atoms with Gasteiger partial charge < -0.3 is 20.1 Å². The molecule has 0 bridgehead atoms. The Hall–Kier alpha value is -1.73. The Morgan fingerprint density at radius 1 is 1.29 bits per heavy atom. The monoisotopic (exact) mass is 335 g/mol. The van der Waals surface area contributed by atoms with E-state index in [1.165, 1.54) is 0 Å². The van der Waals surface area contributed by atoms with Gasteiger partial charge in [-0.05, 0) is 43.1 Å². The van der Waals surface area contributed by atoms with E-state index in [-0.39, 0.29) is 23.4 Å². The molecule has 0 aromatic carbocycles. The Bertz CT molecular complexity index is 654. The van der Waals surface area contributed by atoms with Crippen molar-refractivity contribution in [3.63, 3.8) is 0 Å². The lowest BCUT2D eigenvalue weighted by Crippen LogP contribution is -2.38. The van der Waals surface area contributed by atoms with Gasteiger partial charge in [0.15, 0.2) is 0 Å². The van der Waals surface area contributed by atoms with Gasteiger partial charge in [0.1, 0.15) is 5.69 Å². The maximum atomic E-state index is 12.7. The number of H-pyrrole nitrogens is 1. The third-order valence-electron chi connectivity index (χ3n) is 5.04. The minimum absolute atomic E-state index is 0.175. The number of aliphatic hydroxyl groups excluding tert-OH is 2. The Morgan fingerprint density at radius 3 is 2.42 bits per heavy atom. The quantitative estimate of drug-likeness (QED) is 0.730. The summed E-state index contributed by atoms with van der Waals surface area (Å²) in [4.78, 5) is 32.7. The van der Waals surface area contributed by atoms with Crippen LogP contribution in [0, 0.1) is 17.8 Å². The lowest BCUT2D eigenvalue weighted by Gasteiger charge is -2.31. The first-order chi connectivity index (χ1) is 11.3. The van der Waals surface area contributed by atoms with Gasteiger partial charge >= 0.3 is 5.69 Å². The summed E-state index contributed by atoms with van der Waals surface area (Å²) in [6.45, 7) is 5.17. The molecule has 132 valence electrons. The normalized spacial score (nSPS) is 29.8. The number of rotatable bonds is 3. The van der Waals surface area contributed by atoms with Crippen molar-refractivity contribution in [1.29, 1.82) is 0 Å². The number of aliphatic hydroxyl groups is 2. The number of nitrogens with one attached hydrogen (secondary N) is 1. The molecule has 3 N–H and O–H groups in total. The lowest BCUT2D eigenvalue weighted by molar-refractivity contribution is -0.0372. The minimum Gasteiger partial charge on any atom is -0.390 e. The molecule has 1 aromatic rings. The summed E-state index contributed by atoms with van der Waals surface area (Å²) < 4.78 is 0. The van der Waals surface area contributed by atoms with E-state index in [1.807, 2.05) is 13.8 Å². The van der Waals surface area contributed by atoms with E-state index in [1.54, 1.807) is 11.0 Å². The summed E-state index contributed by atoms with van der Waals surface area (Å²) in [5, 5.41) is 19.6. The number of aromatic nitrogens is 2. The van der Waals surface area contributed by atoms with Crippen molar-refractivity contribution in [2.75, 3.05) is 13.1 Å². The molecule has 2 fully saturated rings. The first kappa shape index (κ1) is 17.1. The second kappa shape index (κ2) is 6.64. The second-order valence-corrected chi connectivity index (χ2v) is 7.53. The van der Waals surface area contributed by atoms with E-state index >= 15 is 0 Å². The number of likely N-dealkylation sites (tertiary alicyclic amines) is 1. The van der Waals surface area contributed by atoms with Crippen molar-refractivity contribution in [3.05, 3.63) is 27.9 Å². The van der Waals surface area contributed by atoms with Crippen LogP contribution in [0.2, 0.25) is 0 Å². The fourth-order valence-electron chi connectivity index (χ4n) is 3.90. The van der Waals surface area contributed by atoms with Gasteiger partial charge in [0, 0.05) is 18.8 Å². The van der Waals surface area contributed by atoms with E-state index < -0.39 is 17.9 Å². The van der Waals surface area contributed by atoms with Crippen molar-refractivity contribution >= 4 is 5.91 Å². The number of amides is 1. The third kappa shape index (κ3) is 3.52. The fourth-order valence-corrected chi connectivity index (χ4v) is 3.90. The molecule has 24 heavy (non-hydrogen) atoms. The first-order valence-electron chi connectivity index (χ1n) is 8.59. The van der Waals surface area contributed by atoms with Crippen LogP contribution in [0.1, 0.15) is 42.9 Å². The van der Waals surface area contributed by atoms with E-state index in [0.29, 0.717) is 38.3 Å². The van der Waals surface area contributed by atoms with Crippen LogP contribution in [-0.2, 0) is 6.42 Å². The third-order valence-corrected chi connectivity index (χ3v) is 5.04. The zero-order valence-corrected chi connectivity index (χ0v) is 14.1. The zero-order chi connectivity index (χ0) is 17.4. The van der Waals surface area contributed by atoms with Crippen LogP contribution >= 0.6 is 0 Å². The van der Waals surface area contributed by atoms with Gasteiger partial charge in [-0.2, -0.15) is 4.98 Å². The lowest BCUT2D eigenvalue weighted by atomic mass is 9.79. The van der Waals surface area contributed by atoms with Gasteiger partial charge in [0.2, 0.25) is 0 Å². The number of aromatic amines is 1. The molecule has 7 nitrogen and oxygen atoms in total. The number of hydrogen-bond acceptors (Lipinski definition) is 5.